The van der Waals surface area contributed by atoms with Gasteiger partial charge >= 0.3 is 12.1 Å². The monoisotopic (exact) mass is 474 g/mol. The summed E-state index contributed by atoms with van der Waals surface area (Å²) in [6.45, 7) is 2.34. The Morgan fingerprint density at radius 3 is 2.26 bits per heavy atom. The number of carbonyl (C=O) groups is 2. The molecule has 0 fully saturated rings. The third-order valence-electron chi connectivity index (χ3n) is 4.97. The molecule has 0 aliphatic heterocycles. The molecule has 2 aromatic carbocycles. The summed E-state index contributed by atoms with van der Waals surface area (Å²) in [5.41, 5.74) is 0.130. The maximum atomic E-state index is 13.7. The van der Waals surface area contributed by atoms with Gasteiger partial charge in [-0.05, 0) is 69.4 Å². The third kappa shape index (κ3) is 6.02. The van der Waals surface area contributed by atoms with Crippen molar-refractivity contribution >= 4 is 17.6 Å². The maximum Gasteiger partial charge on any atom is 0.434 e. The second-order valence-corrected chi connectivity index (χ2v) is 7.79. The van der Waals surface area contributed by atoms with E-state index in [9.17, 15) is 22.8 Å². The Balaban J connectivity index is 1.76. The summed E-state index contributed by atoms with van der Waals surface area (Å²) in [4.78, 5) is 26.6. The number of halogens is 3. The minimum absolute atomic E-state index is 0.0460. The van der Waals surface area contributed by atoms with E-state index in [0.717, 1.165) is 24.7 Å². The number of rotatable bonds is 8. The molecule has 180 valence electrons. The van der Waals surface area contributed by atoms with Crippen LogP contribution in [0, 0.1) is 0 Å². The van der Waals surface area contributed by atoms with Gasteiger partial charge < -0.3 is 15.0 Å². The number of benzene rings is 2. The highest BCUT2D eigenvalue weighted by Gasteiger charge is 2.41. The molecule has 0 aliphatic carbocycles. The summed E-state index contributed by atoms with van der Waals surface area (Å²) in [6.07, 6.45) is -3.13. The smallest absolute Gasteiger partial charge is 0.434 e. The SMILES string of the molecule is CCOC(=O)c1cnn(-c2ccc(C(=O)Nc3ccc(CCN(C)C)cc3)cc2)c1C(F)(F)F. The van der Waals surface area contributed by atoms with Crippen LogP contribution in [0.15, 0.2) is 54.7 Å². The predicted octanol–water partition coefficient (Wildman–Crippen LogP) is 4.42. The summed E-state index contributed by atoms with van der Waals surface area (Å²) < 4.78 is 46.3. The second kappa shape index (κ2) is 10.5. The molecule has 0 atom stereocenters. The molecule has 1 aromatic heterocycles. The van der Waals surface area contributed by atoms with Crippen molar-refractivity contribution in [3.63, 3.8) is 0 Å². The molecular formula is C24H25F3N4O3. The Labute approximate surface area is 195 Å². The van der Waals surface area contributed by atoms with E-state index in [-0.39, 0.29) is 17.9 Å². The lowest BCUT2D eigenvalue weighted by molar-refractivity contribution is -0.143. The molecule has 3 aromatic rings. The molecule has 0 bridgehead atoms. The Morgan fingerprint density at radius 1 is 1.06 bits per heavy atom. The lowest BCUT2D eigenvalue weighted by Gasteiger charge is -2.13. The van der Waals surface area contributed by atoms with Crippen LogP contribution in [0.3, 0.4) is 0 Å². The van der Waals surface area contributed by atoms with Crippen molar-refractivity contribution in [2.24, 2.45) is 0 Å². The fourth-order valence-corrected chi connectivity index (χ4v) is 3.24. The van der Waals surface area contributed by atoms with Gasteiger partial charge in [0.15, 0.2) is 5.69 Å². The van der Waals surface area contributed by atoms with E-state index >= 15 is 0 Å². The van der Waals surface area contributed by atoms with Gasteiger partial charge in [0.05, 0.1) is 18.5 Å². The number of alkyl halides is 3. The van der Waals surface area contributed by atoms with Crippen LogP contribution < -0.4 is 5.32 Å². The first-order valence-corrected chi connectivity index (χ1v) is 10.6. The molecule has 0 saturated carbocycles. The van der Waals surface area contributed by atoms with E-state index < -0.39 is 29.3 Å². The van der Waals surface area contributed by atoms with Crippen LogP contribution in [-0.2, 0) is 17.3 Å². The summed E-state index contributed by atoms with van der Waals surface area (Å²) >= 11 is 0. The highest BCUT2D eigenvalue weighted by atomic mass is 19.4. The molecule has 3 rings (SSSR count). The van der Waals surface area contributed by atoms with Crippen molar-refractivity contribution < 1.29 is 27.5 Å². The first kappa shape index (κ1) is 25.0. The van der Waals surface area contributed by atoms with Gasteiger partial charge in [-0.15, -0.1) is 0 Å². The van der Waals surface area contributed by atoms with Crippen LogP contribution >= 0.6 is 0 Å². The minimum atomic E-state index is -4.84. The second-order valence-electron chi connectivity index (χ2n) is 7.79. The molecule has 34 heavy (non-hydrogen) atoms. The Kier molecular flexibility index (Phi) is 7.72. The first-order chi connectivity index (χ1) is 16.1. The van der Waals surface area contributed by atoms with Crippen LogP contribution in [0.2, 0.25) is 0 Å². The highest BCUT2D eigenvalue weighted by Crippen LogP contribution is 2.34. The van der Waals surface area contributed by atoms with Gasteiger partial charge in [0, 0.05) is 17.8 Å². The topological polar surface area (TPSA) is 76.5 Å². The van der Waals surface area contributed by atoms with Gasteiger partial charge in [0.1, 0.15) is 5.56 Å². The van der Waals surface area contributed by atoms with Gasteiger partial charge in [-0.3, -0.25) is 4.79 Å². The van der Waals surface area contributed by atoms with Gasteiger partial charge in [0.2, 0.25) is 0 Å². The van der Waals surface area contributed by atoms with Crippen molar-refractivity contribution in [2.75, 3.05) is 32.6 Å². The summed E-state index contributed by atoms with van der Waals surface area (Å²) in [7, 11) is 3.99. The number of aromatic nitrogens is 2. The third-order valence-corrected chi connectivity index (χ3v) is 4.97. The highest BCUT2D eigenvalue weighted by molar-refractivity contribution is 6.04. The molecule has 0 radical (unpaired) electrons. The molecular weight excluding hydrogens is 449 g/mol. The van der Waals surface area contributed by atoms with Crippen molar-refractivity contribution in [3.8, 4) is 5.69 Å². The number of hydrogen-bond donors (Lipinski definition) is 1. The largest absolute Gasteiger partial charge is 0.462 e. The van der Waals surface area contributed by atoms with E-state index in [4.69, 9.17) is 4.74 Å². The van der Waals surface area contributed by atoms with Crippen LogP contribution in [0.25, 0.3) is 5.69 Å². The zero-order chi connectivity index (χ0) is 24.9. The number of likely N-dealkylation sites (N-methyl/N-ethyl adjacent to an activating group) is 1. The molecule has 1 N–H and O–H groups in total. The van der Waals surface area contributed by atoms with Crippen molar-refractivity contribution in [3.05, 3.63) is 77.1 Å². The Morgan fingerprint density at radius 2 is 1.71 bits per heavy atom. The van der Waals surface area contributed by atoms with Crippen LogP contribution in [0.1, 0.15) is 38.9 Å². The summed E-state index contributed by atoms with van der Waals surface area (Å²) in [5, 5.41) is 6.49. The summed E-state index contributed by atoms with van der Waals surface area (Å²) in [5.74, 6) is -1.51. The zero-order valence-electron chi connectivity index (χ0n) is 19.0. The molecule has 0 aliphatic rings. The van der Waals surface area contributed by atoms with Gasteiger partial charge in [-0.1, -0.05) is 12.1 Å². The van der Waals surface area contributed by atoms with Gasteiger partial charge in [-0.2, -0.15) is 18.3 Å². The number of nitrogens with one attached hydrogen (secondary N) is 1. The normalized spacial score (nSPS) is 11.5. The first-order valence-electron chi connectivity index (χ1n) is 10.6. The van der Waals surface area contributed by atoms with E-state index in [2.05, 4.69) is 15.3 Å². The lowest BCUT2D eigenvalue weighted by Crippen LogP contribution is -2.18. The number of amides is 1. The quantitative estimate of drug-likeness (QED) is 0.489. The minimum Gasteiger partial charge on any atom is -0.462 e. The molecule has 1 heterocycles. The summed E-state index contributed by atoms with van der Waals surface area (Å²) in [6, 6.07) is 12.9. The van der Waals surface area contributed by atoms with Gasteiger partial charge in [0.25, 0.3) is 5.91 Å². The number of hydrogen-bond acceptors (Lipinski definition) is 5. The van der Waals surface area contributed by atoms with Crippen LogP contribution in [0.4, 0.5) is 18.9 Å². The van der Waals surface area contributed by atoms with Crippen LogP contribution in [-0.4, -0.2) is 53.8 Å². The molecule has 7 nitrogen and oxygen atoms in total. The zero-order valence-corrected chi connectivity index (χ0v) is 19.0. The molecule has 0 spiro atoms. The fraction of sp³-hybridized carbons (Fsp3) is 0.292. The number of esters is 1. The Bertz CT molecular complexity index is 1140. The number of ether oxygens (including phenoxy) is 1. The molecule has 0 unspecified atom stereocenters. The van der Waals surface area contributed by atoms with Gasteiger partial charge in [-0.25, -0.2) is 9.48 Å². The van der Waals surface area contributed by atoms with Crippen LogP contribution in [0.5, 0.6) is 0 Å². The molecule has 0 saturated heterocycles. The lowest BCUT2D eigenvalue weighted by atomic mass is 10.1. The average molecular weight is 474 g/mol. The van der Waals surface area contributed by atoms with Crippen molar-refractivity contribution in [1.29, 1.82) is 0 Å². The van der Waals surface area contributed by atoms with E-state index in [1.807, 2.05) is 26.2 Å². The average Bonchev–Trinajstić information content (AvgIpc) is 3.25. The molecule has 1 amide bonds. The van der Waals surface area contributed by atoms with E-state index in [0.29, 0.717) is 10.4 Å². The number of nitrogens with zero attached hydrogens (tertiary/aromatic N) is 3. The van der Waals surface area contributed by atoms with Crippen molar-refractivity contribution in [1.82, 2.24) is 14.7 Å². The standard InChI is InChI=1S/C24H25F3N4O3/c1-4-34-23(33)20-15-28-31(21(20)24(25,26)27)19-11-7-17(8-12-19)22(32)29-18-9-5-16(6-10-18)13-14-30(2)3/h5-12,15H,4,13-14H2,1-3H3,(H,29,32). The van der Waals surface area contributed by atoms with E-state index in [1.54, 1.807) is 12.1 Å². The number of carbonyl (C=O) groups excluding carboxylic acids is 2. The fourth-order valence-electron chi connectivity index (χ4n) is 3.24. The van der Waals surface area contributed by atoms with Crippen molar-refractivity contribution in [2.45, 2.75) is 19.5 Å². The maximum absolute atomic E-state index is 13.7. The predicted molar refractivity (Wildman–Crippen MR) is 121 cm³/mol. The number of anilines is 1. The van der Waals surface area contributed by atoms with E-state index in [1.165, 1.54) is 31.2 Å². The Hall–Kier alpha value is -3.66. The molecule has 10 heteroatoms.